The second-order valence-electron chi connectivity index (χ2n) is 14.4. The number of nitrogens with zero attached hydrogens (tertiary/aromatic N) is 8. The van der Waals surface area contributed by atoms with Gasteiger partial charge in [-0.15, -0.1) is 25.6 Å². The lowest BCUT2D eigenvalue weighted by Crippen LogP contribution is -2.31. The highest BCUT2D eigenvalue weighted by Crippen LogP contribution is 2.46. The Morgan fingerprint density at radius 3 is 1.96 bits per heavy atom. The van der Waals surface area contributed by atoms with E-state index in [1.165, 1.54) is 18.2 Å². The molecule has 1 aliphatic rings. The zero-order chi connectivity index (χ0) is 52.0. The number of phenols is 2. The Hall–Kier alpha value is -7.95. The average molecular weight is 1060 g/mol. The Morgan fingerprint density at radius 2 is 1.35 bits per heavy atom. The number of anilines is 2. The third-order valence-electron chi connectivity index (χ3n) is 9.78. The first-order chi connectivity index (χ1) is 33.2. The largest absolute Gasteiger partial charge is 0.507 e. The minimum atomic E-state index is -5.22. The molecule has 0 radical (unpaired) electrons. The maximum atomic E-state index is 13.3. The Labute approximate surface area is 398 Å². The lowest BCUT2D eigenvalue weighted by atomic mass is 10.1. The van der Waals surface area contributed by atoms with Gasteiger partial charge in [-0.2, -0.15) is 48.9 Å². The van der Waals surface area contributed by atoms with Crippen molar-refractivity contribution in [2.24, 2.45) is 35.8 Å². The van der Waals surface area contributed by atoms with Crippen LogP contribution in [0.15, 0.2) is 140 Å². The number of carbonyl (C=O) groups is 2. The number of carbonyl (C=O) groups excluding carboxylic acids is 2. The number of amides is 2. The van der Waals surface area contributed by atoms with Crippen LogP contribution in [0.5, 0.6) is 17.2 Å². The van der Waals surface area contributed by atoms with E-state index < -0.39 is 119 Å². The number of azo groups is 3. The number of hydrogen-bond acceptors (Lipinski definition) is 22. The molecule has 1 atom stereocenters. The van der Waals surface area contributed by atoms with Crippen molar-refractivity contribution in [1.82, 2.24) is 0 Å². The molecule has 1 aliphatic heterocycles. The van der Waals surface area contributed by atoms with E-state index in [9.17, 15) is 76.8 Å². The van der Waals surface area contributed by atoms with Gasteiger partial charge in [-0.1, -0.05) is 0 Å². The molecule has 28 nitrogen and oxygen atoms in total. The Kier molecular flexibility index (Phi) is 13.7. The molecule has 0 aromatic heterocycles. The molecule has 8 N–H and O–H groups in total. The summed E-state index contributed by atoms with van der Waals surface area (Å²) >= 11 is 0. The number of methoxy groups -OCH3 is 1. The van der Waals surface area contributed by atoms with Gasteiger partial charge in [0.25, 0.3) is 46.4 Å². The average Bonchev–Trinajstić information content (AvgIpc) is 3.59. The maximum Gasteiger partial charge on any atom is 0.296 e. The first-order valence-corrected chi connectivity index (χ1v) is 24.9. The molecule has 0 saturated heterocycles. The van der Waals surface area contributed by atoms with Crippen molar-refractivity contribution in [3.63, 3.8) is 0 Å². The quantitative estimate of drug-likeness (QED) is 0.0354. The maximum absolute atomic E-state index is 13.3. The number of hydrazone groups is 1. The molecule has 370 valence electrons. The van der Waals surface area contributed by atoms with Crippen LogP contribution in [0, 0.1) is 0 Å². The number of hydrogen-bond donors (Lipinski definition) is 8. The van der Waals surface area contributed by atoms with Crippen LogP contribution < -0.4 is 15.1 Å². The number of aromatic hydroxyl groups is 2. The summed E-state index contributed by atoms with van der Waals surface area (Å²) in [6.45, 7) is 0.164. The fraction of sp³-hybridized carbons (Fsp3) is 0.103. The van der Waals surface area contributed by atoms with Gasteiger partial charge in [0.15, 0.2) is 12.5 Å². The molecule has 1 unspecified atom stereocenters. The minimum Gasteiger partial charge on any atom is -0.507 e. The number of ether oxygens (including phenoxy) is 2. The number of nitrogens with one attached hydrogen (secondary N) is 1. The fourth-order valence-corrected chi connectivity index (χ4v) is 9.04. The van der Waals surface area contributed by atoms with Crippen LogP contribution in [0.4, 0.5) is 39.8 Å². The molecule has 6 aromatic rings. The third kappa shape index (κ3) is 10.8. The normalized spacial score (nSPS) is 14.9. The Balaban J connectivity index is 1.23. The van der Waals surface area contributed by atoms with Crippen LogP contribution in [0.25, 0.3) is 21.5 Å². The molecular weight excluding hydrogens is 1030 g/mol. The van der Waals surface area contributed by atoms with E-state index in [1.54, 1.807) is 0 Å². The van der Waals surface area contributed by atoms with Gasteiger partial charge in [-0.05, 0) is 78.2 Å². The zero-order valence-electron chi connectivity index (χ0n) is 35.6. The lowest BCUT2D eigenvalue weighted by molar-refractivity contribution is -0.118. The van der Waals surface area contributed by atoms with E-state index in [4.69, 9.17) is 9.47 Å². The monoisotopic (exact) mass is 1060 g/mol. The van der Waals surface area contributed by atoms with E-state index in [2.05, 4.69) is 41.1 Å². The topological polar surface area (TPSA) is 433 Å². The van der Waals surface area contributed by atoms with E-state index in [-0.39, 0.29) is 50.6 Å². The summed E-state index contributed by atoms with van der Waals surface area (Å²) in [5, 5.41) is 61.5. The summed E-state index contributed by atoms with van der Waals surface area (Å²) in [7, 11) is -18.7. The van der Waals surface area contributed by atoms with E-state index in [1.807, 2.05) is 0 Å². The second kappa shape index (κ2) is 19.1. The molecule has 0 aliphatic carbocycles. The molecule has 6 aromatic carbocycles. The summed E-state index contributed by atoms with van der Waals surface area (Å²) in [6, 6.07) is 12.6. The molecule has 1 heterocycles. The number of rotatable bonds is 14. The van der Waals surface area contributed by atoms with Crippen LogP contribution in [-0.2, 0) is 54.8 Å². The molecule has 2 amide bonds. The van der Waals surface area contributed by atoms with Crippen molar-refractivity contribution in [1.29, 1.82) is 0 Å². The minimum absolute atomic E-state index is 0.0175. The molecule has 71 heavy (non-hydrogen) atoms. The number of aliphatic hydroxyl groups excluding tert-OH is 1. The summed E-state index contributed by atoms with van der Waals surface area (Å²) in [5.41, 5.74) is -1.78. The molecule has 7 rings (SSSR count). The Bertz CT molecular complexity index is 3830. The van der Waals surface area contributed by atoms with Gasteiger partial charge in [-0.25, -0.2) is 0 Å². The van der Waals surface area contributed by atoms with Gasteiger partial charge in [0, 0.05) is 29.8 Å². The van der Waals surface area contributed by atoms with Crippen LogP contribution in [0.1, 0.15) is 6.92 Å². The van der Waals surface area contributed by atoms with Crippen molar-refractivity contribution in [2.75, 3.05) is 24.2 Å². The highest BCUT2D eigenvalue weighted by atomic mass is 32.2. The van der Waals surface area contributed by atoms with Gasteiger partial charge in [0.2, 0.25) is 17.8 Å². The zero-order valence-corrected chi connectivity index (χ0v) is 38.9. The van der Waals surface area contributed by atoms with Gasteiger partial charge in [-0.3, -0.25) is 27.8 Å². The Morgan fingerprint density at radius 1 is 0.704 bits per heavy atom. The van der Waals surface area contributed by atoms with Gasteiger partial charge >= 0.3 is 0 Å². The van der Waals surface area contributed by atoms with Gasteiger partial charge in [0.1, 0.15) is 38.4 Å². The van der Waals surface area contributed by atoms with Crippen molar-refractivity contribution < 1.29 is 86.3 Å². The summed E-state index contributed by atoms with van der Waals surface area (Å²) in [5.74, 6) is -3.91. The predicted molar refractivity (Wildman–Crippen MR) is 244 cm³/mol. The summed E-state index contributed by atoms with van der Waals surface area (Å²) in [6.07, 6.45) is 0. The lowest BCUT2D eigenvalue weighted by Gasteiger charge is -2.12. The molecule has 0 bridgehead atoms. The highest BCUT2D eigenvalue weighted by Gasteiger charge is 2.39. The highest BCUT2D eigenvalue weighted by molar-refractivity contribution is 7.86. The van der Waals surface area contributed by atoms with Gasteiger partial charge < -0.3 is 30.1 Å². The number of phenolic OH excluding ortho intramolecular Hbond substituents is 2. The van der Waals surface area contributed by atoms with Crippen LogP contribution in [0.2, 0.25) is 0 Å². The summed E-state index contributed by atoms with van der Waals surface area (Å²) in [4.78, 5) is 22.4. The van der Waals surface area contributed by atoms with Crippen molar-refractivity contribution >= 4 is 120 Å². The van der Waals surface area contributed by atoms with Crippen molar-refractivity contribution in [2.45, 2.75) is 32.5 Å². The molecule has 0 saturated carbocycles. The van der Waals surface area contributed by atoms with Crippen molar-refractivity contribution in [3.05, 3.63) is 84.9 Å². The third-order valence-corrected chi connectivity index (χ3v) is 13.3. The fourth-order valence-electron chi connectivity index (χ4n) is 6.69. The number of benzene rings is 6. The number of aliphatic hydroxyl groups is 1. The van der Waals surface area contributed by atoms with E-state index >= 15 is 0 Å². The summed E-state index contributed by atoms with van der Waals surface area (Å²) < 4.78 is 146. The number of fused-ring (bicyclic) bond motifs is 2. The first-order valence-electron chi connectivity index (χ1n) is 19.2. The standard InChI is InChI=1S/C39H31N9O19S4/c1-18(50)40-27-15-29(31(66-2)16-28(27)43-42-26-9-10-32(70(60,61)62)25-13-23(69(57,58)59)14-30(51)34(25)26)44-45-35-33(71(63,64)65)12-19-11-20(3-8-24(19)37(35)52)41-46-36-38(67-17-49)47-48(39(36)53)21-4-6-22(7-5-21)68(54,55)56/h3-16,36,49,51-52H,17H2,1-2H3,(H,40,50)(H,54,55,56)(H,57,58,59)(H,60,61,62)(H,63,64,65)/b43-42+,45-44+,46-41+. The van der Waals surface area contributed by atoms with Crippen molar-refractivity contribution in [3.8, 4) is 17.2 Å². The van der Waals surface area contributed by atoms with E-state index in [0.29, 0.717) is 12.1 Å². The molecule has 0 spiro atoms. The van der Waals surface area contributed by atoms with Crippen LogP contribution >= 0.6 is 0 Å². The van der Waals surface area contributed by atoms with Crippen LogP contribution in [-0.4, -0.2) is 105 Å². The SMILES string of the molecule is COc1cc(/N=N/c2ccc(S(=O)(=O)O)c3cc(S(=O)(=O)O)cc(O)c23)c(NC(C)=O)cc1/N=N/c1c(S(=O)(=O)O)cc2cc(/N=N/C3C(=O)N(c4ccc(S(=O)(=O)O)cc4)N=C3OCO)ccc2c1O. The molecular formula is C39H31N9O19S4. The van der Waals surface area contributed by atoms with Gasteiger partial charge in [0.05, 0.1) is 45.0 Å². The predicted octanol–water partition coefficient (Wildman–Crippen LogP) is 5.97. The van der Waals surface area contributed by atoms with Crippen LogP contribution in [0.3, 0.4) is 0 Å². The van der Waals surface area contributed by atoms with E-state index in [0.717, 1.165) is 73.6 Å². The second-order valence-corrected chi connectivity index (χ2v) is 20.0. The smallest absolute Gasteiger partial charge is 0.296 e. The first kappa shape index (κ1) is 50.9. The molecule has 32 heteroatoms. The molecule has 0 fully saturated rings.